The molecule has 1 aromatic carbocycles. The molecule has 1 fully saturated rings. The number of para-hydroxylation sites is 1. The van der Waals surface area contributed by atoms with Gasteiger partial charge in [0.2, 0.25) is 5.91 Å². The van der Waals surface area contributed by atoms with E-state index in [9.17, 15) is 14.4 Å². The molecule has 0 atom stereocenters. The maximum Gasteiger partial charge on any atom is 0.349 e. The summed E-state index contributed by atoms with van der Waals surface area (Å²) in [4.78, 5) is 41.8. The Kier molecular flexibility index (Phi) is 5.93. The van der Waals surface area contributed by atoms with E-state index in [-0.39, 0.29) is 17.5 Å². The van der Waals surface area contributed by atoms with Crippen LogP contribution in [0.25, 0.3) is 10.9 Å². The first-order valence-corrected chi connectivity index (χ1v) is 10.7. The molecule has 1 saturated heterocycles. The topological polar surface area (TPSA) is 95.4 Å². The molecule has 1 aliphatic heterocycles. The molecule has 3 heterocycles. The maximum atomic E-state index is 12.7. The summed E-state index contributed by atoms with van der Waals surface area (Å²) in [5.41, 5.74) is 2.31. The summed E-state index contributed by atoms with van der Waals surface area (Å²) in [7, 11) is 0. The molecule has 31 heavy (non-hydrogen) atoms. The fourth-order valence-electron chi connectivity index (χ4n) is 4.26. The van der Waals surface area contributed by atoms with Gasteiger partial charge in [-0.3, -0.25) is 9.59 Å². The maximum absolute atomic E-state index is 12.7. The Morgan fingerprint density at radius 1 is 1.19 bits per heavy atom. The van der Waals surface area contributed by atoms with Crippen molar-refractivity contribution in [3.05, 3.63) is 69.4 Å². The highest BCUT2D eigenvalue weighted by molar-refractivity contribution is 5.95. The molecule has 1 aliphatic rings. The quantitative estimate of drug-likeness (QED) is 0.662. The normalized spacial score (nSPS) is 14.7. The van der Waals surface area contributed by atoms with Crippen LogP contribution in [0.2, 0.25) is 0 Å². The molecule has 3 aromatic rings. The van der Waals surface area contributed by atoms with Crippen molar-refractivity contribution in [3.63, 3.8) is 0 Å². The number of hydrogen-bond acceptors (Lipinski definition) is 4. The Hall–Kier alpha value is -3.35. The second-order valence-electron chi connectivity index (χ2n) is 8.17. The number of aromatic amines is 1. The van der Waals surface area contributed by atoms with E-state index < -0.39 is 11.5 Å². The Morgan fingerprint density at radius 3 is 2.65 bits per heavy atom. The van der Waals surface area contributed by atoms with Gasteiger partial charge in [-0.15, -0.1) is 0 Å². The van der Waals surface area contributed by atoms with E-state index in [0.29, 0.717) is 43.7 Å². The van der Waals surface area contributed by atoms with Crippen LogP contribution in [0.5, 0.6) is 0 Å². The number of piperidine rings is 1. The number of H-pyrrole nitrogens is 1. The fraction of sp³-hybridized carbons (Fsp3) is 0.375. The summed E-state index contributed by atoms with van der Waals surface area (Å²) < 4.78 is 5.48. The first-order valence-electron chi connectivity index (χ1n) is 10.7. The summed E-state index contributed by atoms with van der Waals surface area (Å²) in [6, 6.07) is 9.81. The summed E-state index contributed by atoms with van der Waals surface area (Å²) in [6.45, 7) is 4.54. The van der Waals surface area contributed by atoms with Gasteiger partial charge in [-0.25, -0.2) is 4.79 Å². The molecule has 2 N–H and O–H groups in total. The predicted octanol–water partition coefficient (Wildman–Crippen LogP) is 2.96. The molecular weight excluding hydrogens is 394 g/mol. The van der Waals surface area contributed by atoms with Gasteiger partial charge in [0.1, 0.15) is 11.3 Å². The largest absolute Gasteiger partial charge is 0.427 e. The van der Waals surface area contributed by atoms with Crippen LogP contribution < -0.4 is 10.9 Å². The molecule has 4 rings (SSSR count). The predicted molar refractivity (Wildman–Crippen MR) is 118 cm³/mol. The molecule has 162 valence electrons. The van der Waals surface area contributed by atoms with Gasteiger partial charge in [-0.1, -0.05) is 18.2 Å². The van der Waals surface area contributed by atoms with Crippen LogP contribution in [0, 0.1) is 6.92 Å². The van der Waals surface area contributed by atoms with E-state index in [1.165, 1.54) is 0 Å². The van der Waals surface area contributed by atoms with Gasteiger partial charge >= 0.3 is 5.63 Å². The van der Waals surface area contributed by atoms with Gasteiger partial charge in [0.25, 0.3) is 5.91 Å². The molecular formula is C24H27N3O4. The minimum absolute atomic E-state index is 0.0458. The smallest absolute Gasteiger partial charge is 0.349 e. The van der Waals surface area contributed by atoms with Crippen molar-refractivity contribution in [2.75, 3.05) is 13.1 Å². The van der Waals surface area contributed by atoms with Crippen molar-refractivity contribution in [2.45, 2.75) is 45.6 Å². The number of nitrogens with zero attached hydrogens (tertiary/aromatic N) is 1. The van der Waals surface area contributed by atoms with Gasteiger partial charge < -0.3 is 19.6 Å². The lowest BCUT2D eigenvalue weighted by Gasteiger charge is -2.31. The highest BCUT2D eigenvalue weighted by atomic mass is 16.4. The molecule has 0 spiro atoms. The summed E-state index contributed by atoms with van der Waals surface area (Å²) >= 11 is 0. The second-order valence-corrected chi connectivity index (χ2v) is 8.17. The Morgan fingerprint density at radius 2 is 1.94 bits per heavy atom. The third-order valence-electron chi connectivity index (χ3n) is 6.02. The van der Waals surface area contributed by atoms with E-state index in [0.717, 1.165) is 22.9 Å². The minimum atomic E-state index is -0.604. The van der Waals surface area contributed by atoms with Gasteiger partial charge in [0.15, 0.2) is 0 Å². The van der Waals surface area contributed by atoms with Crippen LogP contribution >= 0.6 is 0 Å². The van der Waals surface area contributed by atoms with E-state index in [4.69, 9.17) is 4.42 Å². The zero-order chi connectivity index (χ0) is 22.0. The first-order chi connectivity index (χ1) is 14.9. The number of aromatic nitrogens is 1. The molecule has 0 unspecified atom stereocenters. The van der Waals surface area contributed by atoms with Crippen LogP contribution in [-0.4, -0.2) is 40.8 Å². The van der Waals surface area contributed by atoms with Crippen LogP contribution in [0.15, 0.2) is 45.7 Å². The Balaban J connectivity index is 1.41. The minimum Gasteiger partial charge on any atom is -0.427 e. The Bertz CT molecular complexity index is 1170. The summed E-state index contributed by atoms with van der Waals surface area (Å²) in [5.74, 6) is 0.208. The number of rotatable bonds is 5. The standard InChI is InChI=1S/C24H27N3O4/c1-15-13-19(8-7-17-14-25-21-6-4-3-5-20(17)21)31-24(30)22(15)23(29)26-18-9-11-27(12-10-18)16(2)28/h3-6,13-14,18,25H,7-12H2,1-2H3,(H,26,29). The number of hydrogen-bond donors (Lipinski definition) is 2. The molecule has 0 aliphatic carbocycles. The highest BCUT2D eigenvalue weighted by Crippen LogP contribution is 2.20. The molecule has 0 saturated carbocycles. The molecule has 2 amide bonds. The third-order valence-corrected chi connectivity index (χ3v) is 6.02. The van der Waals surface area contributed by atoms with Crippen molar-refractivity contribution in [1.82, 2.24) is 15.2 Å². The number of benzene rings is 1. The number of carbonyl (C=O) groups excluding carboxylic acids is 2. The fourth-order valence-corrected chi connectivity index (χ4v) is 4.26. The average Bonchev–Trinajstić information content (AvgIpc) is 3.15. The zero-order valence-electron chi connectivity index (χ0n) is 17.9. The molecule has 7 heteroatoms. The van der Waals surface area contributed by atoms with E-state index in [1.54, 1.807) is 24.8 Å². The van der Waals surface area contributed by atoms with Crippen molar-refractivity contribution >= 4 is 22.7 Å². The lowest BCUT2D eigenvalue weighted by molar-refractivity contribution is -0.129. The van der Waals surface area contributed by atoms with E-state index in [2.05, 4.69) is 16.4 Å². The SMILES string of the molecule is CC(=O)N1CCC(NC(=O)c2c(C)cc(CCc3c[nH]c4ccccc34)oc2=O)CC1. The second kappa shape index (κ2) is 8.79. The number of likely N-dealkylation sites (tertiary alicyclic amines) is 1. The van der Waals surface area contributed by atoms with Crippen molar-refractivity contribution in [1.29, 1.82) is 0 Å². The van der Waals surface area contributed by atoms with Gasteiger partial charge in [0, 0.05) is 49.6 Å². The Labute approximate surface area is 180 Å². The lowest BCUT2D eigenvalue weighted by atomic mass is 10.0. The van der Waals surface area contributed by atoms with Gasteiger partial charge in [-0.05, 0) is 49.4 Å². The number of amides is 2. The first kappa shape index (κ1) is 20.9. The summed E-state index contributed by atoms with van der Waals surface area (Å²) in [5, 5.41) is 4.09. The molecule has 0 bridgehead atoms. The average molecular weight is 421 g/mol. The van der Waals surface area contributed by atoms with Crippen LogP contribution in [0.4, 0.5) is 0 Å². The van der Waals surface area contributed by atoms with Crippen molar-refractivity contribution in [3.8, 4) is 0 Å². The van der Waals surface area contributed by atoms with Gasteiger partial charge in [0.05, 0.1) is 0 Å². The van der Waals surface area contributed by atoms with Crippen LogP contribution in [0.1, 0.15) is 47.0 Å². The number of fused-ring (bicyclic) bond motifs is 1. The monoisotopic (exact) mass is 421 g/mol. The van der Waals surface area contributed by atoms with Crippen LogP contribution in [-0.2, 0) is 17.6 Å². The van der Waals surface area contributed by atoms with Crippen molar-refractivity contribution in [2.24, 2.45) is 0 Å². The number of carbonyl (C=O) groups is 2. The third kappa shape index (κ3) is 4.55. The van der Waals surface area contributed by atoms with Crippen LogP contribution in [0.3, 0.4) is 0 Å². The van der Waals surface area contributed by atoms with E-state index in [1.807, 2.05) is 24.4 Å². The van der Waals surface area contributed by atoms with Gasteiger partial charge in [-0.2, -0.15) is 0 Å². The zero-order valence-corrected chi connectivity index (χ0v) is 17.9. The lowest BCUT2D eigenvalue weighted by Crippen LogP contribution is -2.46. The summed E-state index contributed by atoms with van der Waals surface area (Å²) in [6.07, 6.45) is 4.64. The number of aryl methyl sites for hydroxylation is 3. The highest BCUT2D eigenvalue weighted by Gasteiger charge is 2.24. The molecule has 2 aromatic heterocycles. The van der Waals surface area contributed by atoms with Crippen molar-refractivity contribution < 1.29 is 14.0 Å². The molecule has 7 nitrogen and oxygen atoms in total. The van der Waals surface area contributed by atoms with E-state index >= 15 is 0 Å². The number of nitrogens with one attached hydrogen (secondary N) is 2. The molecule has 0 radical (unpaired) electrons.